The molecule has 2 N–H and O–H groups in total. The Kier molecular flexibility index (Phi) is 4.78. The molecular formula is C16H24N2O2. The molecule has 4 heteroatoms. The zero-order valence-corrected chi connectivity index (χ0v) is 12.3. The molecule has 0 radical (unpaired) electrons. The van der Waals surface area contributed by atoms with Crippen LogP contribution < -0.4 is 5.73 Å². The monoisotopic (exact) mass is 276 g/mol. The normalized spacial score (nSPS) is 27.2. The van der Waals surface area contributed by atoms with E-state index in [1.807, 2.05) is 30.3 Å². The van der Waals surface area contributed by atoms with Crippen molar-refractivity contribution in [3.63, 3.8) is 0 Å². The minimum atomic E-state index is -0.708. The Hall–Kier alpha value is -1.39. The number of nitrogens with two attached hydrogens (primary N) is 1. The summed E-state index contributed by atoms with van der Waals surface area (Å²) in [6.45, 7) is 4.80. The van der Waals surface area contributed by atoms with E-state index < -0.39 is 5.41 Å². The van der Waals surface area contributed by atoms with E-state index in [9.17, 15) is 4.79 Å². The van der Waals surface area contributed by atoms with Crippen LogP contribution in [0.1, 0.15) is 25.3 Å². The van der Waals surface area contributed by atoms with Gasteiger partial charge in [-0.3, -0.25) is 4.79 Å². The van der Waals surface area contributed by atoms with Crippen molar-refractivity contribution in [1.29, 1.82) is 0 Å². The van der Waals surface area contributed by atoms with Crippen LogP contribution in [-0.2, 0) is 14.9 Å². The summed E-state index contributed by atoms with van der Waals surface area (Å²) in [5, 5.41) is 0. The molecule has 1 aliphatic rings. The van der Waals surface area contributed by atoms with Gasteiger partial charge in [-0.2, -0.15) is 0 Å². The molecule has 0 amide bonds. The fourth-order valence-corrected chi connectivity index (χ4v) is 3.21. The summed E-state index contributed by atoms with van der Waals surface area (Å²) < 4.78 is 5.08. The molecule has 1 aromatic carbocycles. The predicted octanol–water partition coefficient (Wildman–Crippen LogP) is 1.54. The maximum atomic E-state index is 12.4. The second kappa shape index (κ2) is 6.37. The van der Waals surface area contributed by atoms with Crippen LogP contribution in [0.3, 0.4) is 0 Å². The molecule has 20 heavy (non-hydrogen) atoms. The average Bonchev–Trinajstić information content (AvgIpc) is 2.48. The van der Waals surface area contributed by atoms with Crippen molar-refractivity contribution in [3.05, 3.63) is 35.9 Å². The topological polar surface area (TPSA) is 55.6 Å². The van der Waals surface area contributed by atoms with Crippen LogP contribution in [0, 0.1) is 0 Å². The molecule has 2 rings (SSSR count). The number of hydrogen-bond donors (Lipinski definition) is 1. The molecule has 1 fully saturated rings. The Labute approximate surface area is 120 Å². The molecule has 110 valence electrons. The molecule has 1 aliphatic heterocycles. The first-order valence-corrected chi connectivity index (χ1v) is 7.27. The zero-order chi connectivity index (χ0) is 14.6. The van der Waals surface area contributed by atoms with Crippen molar-refractivity contribution in [2.75, 3.05) is 26.7 Å². The van der Waals surface area contributed by atoms with Crippen molar-refractivity contribution in [3.8, 4) is 0 Å². The molecule has 1 saturated heterocycles. The Morgan fingerprint density at radius 2 is 2.15 bits per heavy atom. The lowest BCUT2D eigenvalue weighted by molar-refractivity contribution is -0.150. The van der Waals surface area contributed by atoms with Crippen molar-refractivity contribution >= 4 is 5.97 Å². The predicted molar refractivity (Wildman–Crippen MR) is 79.5 cm³/mol. The highest BCUT2D eigenvalue weighted by atomic mass is 16.5. The highest BCUT2D eigenvalue weighted by Crippen LogP contribution is 2.36. The third kappa shape index (κ3) is 2.58. The van der Waals surface area contributed by atoms with Gasteiger partial charge in [0.1, 0.15) is 5.41 Å². The zero-order valence-electron chi connectivity index (χ0n) is 12.3. The van der Waals surface area contributed by atoms with Gasteiger partial charge in [0.05, 0.1) is 7.11 Å². The van der Waals surface area contributed by atoms with Gasteiger partial charge in [-0.05, 0) is 31.5 Å². The maximum absolute atomic E-state index is 12.4. The summed E-state index contributed by atoms with van der Waals surface area (Å²) in [6, 6.07) is 9.57. The van der Waals surface area contributed by atoms with Gasteiger partial charge in [0.15, 0.2) is 0 Å². The van der Waals surface area contributed by atoms with Gasteiger partial charge >= 0.3 is 5.97 Å². The number of carbonyl (C=O) groups excluding carboxylic acids is 1. The standard InChI is InChI=1S/C16H24N2O2/c1-3-10-18-11-9-16(14(17)12-18,15(19)20-2)13-7-5-4-6-8-13/h4-8,14H,3,9-12,17H2,1-2H3. The highest BCUT2D eigenvalue weighted by molar-refractivity contribution is 5.84. The first-order valence-electron chi connectivity index (χ1n) is 7.27. The highest BCUT2D eigenvalue weighted by Gasteiger charge is 2.49. The van der Waals surface area contributed by atoms with Gasteiger partial charge < -0.3 is 15.4 Å². The van der Waals surface area contributed by atoms with E-state index in [-0.39, 0.29) is 12.0 Å². The summed E-state index contributed by atoms with van der Waals surface area (Å²) in [7, 11) is 1.44. The van der Waals surface area contributed by atoms with Gasteiger partial charge in [0, 0.05) is 12.6 Å². The lowest BCUT2D eigenvalue weighted by Gasteiger charge is -2.44. The number of likely N-dealkylation sites (tertiary alicyclic amines) is 1. The van der Waals surface area contributed by atoms with Crippen LogP contribution in [0.15, 0.2) is 30.3 Å². The smallest absolute Gasteiger partial charge is 0.317 e. The van der Waals surface area contributed by atoms with Crippen molar-refractivity contribution in [1.82, 2.24) is 4.90 Å². The third-order valence-electron chi connectivity index (χ3n) is 4.29. The molecule has 0 aromatic heterocycles. The fraction of sp³-hybridized carbons (Fsp3) is 0.562. The molecule has 0 aliphatic carbocycles. The number of carbonyl (C=O) groups is 1. The fourth-order valence-electron chi connectivity index (χ4n) is 3.21. The summed E-state index contributed by atoms with van der Waals surface area (Å²) in [5.41, 5.74) is 6.66. The second-order valence-corrected chi connectivity index (χ2v) is 5.49. The summed E-state index contributed by atoms with van der Waals surface area (Å²) >= 11 is 0. The van der Waals surface area contributed by atoms with Crippen LogP contribution in [0.2, 0.25) is 0 Å². The van der Waals surface area contributed by atoms with E-state index in [4.69, 9.17) is 10.5 Å². The van der Waals surface area contributed by atoms with Crippen molar-refractivity contribution in [2.45, 2.75) is 31.2 Å². The SMILES string of the molecule is CCCN1CCC(C(=O)OC)(c2ccccc2)C(N)C1. The van der Waals surface area contributed by atoms with Crippen LogP contribution in [0.5, 0.6) is 0 Å². The minimum absolute atomic E-state index is 0.215. The van der Waals surface area contributed by atoms with E-state index in [2.05, 4.69) is 11.8 Å². The van der Waals surface area contributed by atoms with Crippen LogP contribution in [0.25, 0.3) is 0 Å². The summed E-state index contributed by atoms with van der Waals surface area (Å²) in [5.74, 6) is -0.215. The van der Waals surface area contributed by atoms with E-state index in [0.29, 0.717) is 6.42 Å². The quantitative estimate of drug-likeness (QED) is 0.848. The Balaban J connectivity index is 2.33. The largest absolute Gasteiger partial charge is 0.468 e. The molecule has 0 spiro atoms. The number of piperidine rings is 1. The van der Waals surface area contributed by atoms with Crippen LogP contribution in [0.4, 0.5) is 0 Å². The molecule has 2 atom stereocenters. The van der Waals surface area contributed by atoms with E-state index >= 15 is 0 Å². The number of ether oxygens (including phenoxy) is 1. The van der Waals surface area contributed by atoms with E-state index in [1.165, 1.54) is 7.11 Å². The van der Waals surface area contributed by atoms with Crippen molar-refractivity contribution < 1.29 is 9.53 Å². The molecule has 2 unspecified atom stereocenters. The number of esters is 1. The minimum Gasteiger partial charge on any atom is -0.468 e. The molecule has 0 saturated carbocycles. The Bertz CT molecular complexity index is 449. The Morgan fingerprint density at radius 3 is 2.70 bits per heavy atom. The van der Waals surface area contributed by atoms with E-state index in [0.717, 1.165) is 31.6 Å². The Morgan fingerprint density at radius 1 is 1.45 bits per heavy atom. The van der Waals surface area contributed by atoms with E-state index in [1.54, 1.807) is 0 Å². The van der Waals surface area contributed by atoms with Gasteiger partial charge in [0.2, 0.25) is 0 Å². The number of hydrogen-bond acceptors (Lipinski definition) is 4. The van der Waals surface area contributed by atoms with Crippen molar-refractivity contribution in [2.24, 2.45) is 5.73 Å². The summed E-state index contributed by atoms with van der Waals surface area (Å²) in [4.78, 5) is 14.8. The molecule has 1 heterocycles. The maximum Gasteiger partial charge on any atom is 0.317 e. The number of methoxy groups -OCH3 is 1. The number of rotatable bonds is 4. The van der Waals surface area contributed by atoms with Gasteiger partial charge in [-0.1, -0.05) is 37.3 Å². The summed E-state index contributed by atoms with van der Waals surface area (Å²) in [6.07, 6.45) is 1.81. The van der Waals surface area contributed by atoms with Gasteiger partial charge in [0.25, 0.3) is 0 Å². The molecule has 1 aromatic rings. The molecule has 4 nitrogen and oxygen atoms in total. The number of nitrogens with zero attached hydrogens (tertiary/aromatic N) is 1. The van der Waals surface area contributed by atoms with Crippen LogP contribution in [-0.4, -0.2) is 43.7 Å². The van der Waals surface area contributed by atoms with Crippen LogP contribution >= 0.6 is 0 Å². The lowest BCUT2D eigenvalue weighted by Crippen LogP contribution is -2.61. The van der Waals surface area contributed by atoms with Gasteiger partial charge in [-0.15, -0.1) is 0 Å². The number of benzene rings is 1. The third-order valence-corrected chi connectivity index (χ3v) is 4.29. The molecule has 0 bridgehead atoms. The molecular weight excluding hydrogens is 252 g/mol. The second-order valence-electron chi connectivity index (χ2n) is 5.49. The first-order chi connectivity index (χ1) is 9.65. The first kappa shape index (κ1) is 15.0. The van der Waals surface area contributed by atoms with Gasteiger partial charge in [-0.25, -0.2) is 0 Å². The lowest BCUT2D eigenvalue weighted by atomic mass is 9.69. The average molecular weight is 276 g/mol.